The lowest BCUT2D eigenvalue weighted by Gasteiger charge is -2.38. The lowest BCUT2D eigenvalue weighted by molar-refractivity contribution is -0.118. The van der Waals surface area contributed by atoms with E-state index in [0.29, 0.717) is 13.1 Å². The van der Waals surface area contributed by atoms with Crippen LogP contribution in [0.5, 0.6) is 0 Å². The Balaban J connectivity index is 1.47. The van der Waals surface area contributed by atoms with Gasteiger partial charge >= 0.3 is 0 Å². The second-order valence-electron chi connectivity index (χ2n) is 8.92. The Kier molecular flexibility index (Phi) is 5.14. The Morgan fingerprint density at radius 2 is 2.20 bits per heavy atom. The number of nitrogens with one attached hydrogen (secondary N) is 2. The molecule has 0 spiro atoms. The molecule has 1 saturated carbocycles. The van der Waals surface area contributed by atoms with Gasteiger partial charge in [-0.1, -0.05) is 20.3 Å². The number of hydrogen-bond donors (Lipinski definition) is 2. The largest absolute Gasteiger partial charge is 0.366 e. The van der Waals surface area contributed by atoms with Crippen molar-refractivity contribution in [2.45, 2.75) is 59.2 Å². The molecular weight excluding hydrogens is 378 g/mol. The molecule has 2 aromatic heterocycles. The fraction of sp³-hybridized carbons (Fsp3) is 0.545. The predicted octanol–water partition coefficient (Wildman–Crippen LogP) is 3.31. The van der Waals surface area contributed by atoms with E-state index in [4.69, 9.17) is 0 Å². The van der Waals surface area contributed by atoms with Crippen LogP contribution in [0.4, 0.5) is 17.2 Å². The van der Waals surface area contributed by atoms with Gasteiger partial charge in [-0.3, -0.25) is 9.48 Å². The van der Waals surface area contributed by atoms with E-state index < -0.39 is 0 Å². The van der Waals surface area contributed by atoms with Gasteiger partial charge in [-0.2, -0.15) is 10.4 Å². The molecule has 8 heteroatoms. The molecule has 0 bridgehead atoms. The average molecular weight is 408 g/mol. The molecule has 1 aliphatic heterocycles. The smallest absolute Gasteiger partial charge is 0.247 e. The molecule has 0 aromatic carbocycles. The van der Waals surface area contributed by atoms with Crippen LogP contribution < -0.4 is 15.5 Å². The van der Waals surface area contributed by atoms with Gasteiger partial charge in [-0.25, -0.2) is 4.98 Å². The van der Waals surface area contributed by atoms with Crippen molar-refractivity contribution < 1.29 is 4.79 Å². The van der Waals surface area contributed by atoms with Gasteiger partial charge in [0.25, 0.3) is 0 Å². The van der Waals surface area contributed by atoms with Crippen molar-refractivity contribution in [2.75, 3.05) is 22.6 Å². The number of carbonyl (C=O) groups excluding carboxylic acids is 1. The summed E-state index contributed by atoms with van der Waals surface area (Å²) in [5.41, 5.74) is 3.34. The van der Waals surface area contributed by atoms with Crippen LogP contribution in [0.2, 0.25) is 0 Å². The number of carbonyl (C=O) groups is 1. The lowest BCUT2D eigenvalue weighted by atomic mass is 9.70. The number of rotatable bonds is 6. The third kappa shape index (κ3) is 3.60. The van der Waals surface area contributed by atoms with E-state index in [1.807, 2.05) is 42.0 Å². The van der Waals surface area contributed by atoms with Crippen LogP contribution in [0.15, 0.2) is 18.5 Å². The van der Waals surface area contributed by atoms with Crippen molar-refractivity contribution in [1.82, 2.24) is 14.8 Å². The minimum Gasteiger partial charge on any atom is -0.366 e. The molecule has 1 atom stereocenters. The number of nitrogens with zero attached hydrogens (tertiary/aromatic N) is 5. The first kappa shape index (κ1) is 20.2. The highest BCUT2D eigenvalue weighted by Gasteiger charge is 2.38. The number of pyridine rings is 1. The summed E-state index contributed by atoms with van der Waals surface area (Å²) in [5.74, 6) is 0.975. The molecule has 2 N–H and O–H groups in total. The molecule has 4 rings (SSSR count). The van der Waals surface area contributed by atoms with E-state index in [0.717, 1.165) is 47.7 Å². The minimum absolute atomic E-state index is 0.0135. The first-order valence-corrected chi connectivity index (χ1v) is 10.5. The number of hydrogen-bond acceptors (Lipinski definition) is 6. The summed E-state index contributed by atoms with van der Waals surface area (Å²) in [4.78, 5) is 19.1. The monoisotopic (exact) mass is 407 g/mol. The Bertz CT molecular complexity index is 999. The third-order valence-electron chi connectivity index (χ3n) is 6.30. The number of aryl methyl sites for hydroxylation is 1. The standard InChI is InChI=1S/C22H29N7O/c1-14(2)20-21(30)27-19-15(3)26-18(8-17(19)28(20)4)24-9-16-10-25-29(11-16)13-22(12-23)6-5-7-22/h8,10-11,14,20H,5-7,9,13H2,1-4H3,(H,24,26)(H,27,30)/t20-/m0/s1. The summed E-state index contributed by atoms with van der Waals surface area (Å²) in [6.07, 6.45) is 6.87. The zero-order chi connectivity index (χ0) is 21.5. The van der Waals surface area contributed by atoms with Crippen LogP contribution in [0, 0.1) is 29.6 Å². The van der Waals surface area contributed by atoms with Crippen molar-refractivity contribution in [1.29, 1.82) is 5.26 Å². The molecule has 3 heterocycles. The highest BCUT2D eigenvalue weighted by Crippen LogP contribution is 2.41. The van der Waals surface area contributed by atoms with Gasteiger partial charge in [0.1, 0.15) is 11.9 Å². The topological polar surface area (TPSA) is 98.9 Å². The number of anilines is 3. The maximum Gasteiger partial charge on any atom is 0.247 e. The summed E-state index contributed by atoms with van der Waals surface area (Å²) in [6.45, 7) is 7.26. The van der Waals surface area contributed by atoms with Gasteiger partial charge in [0.2, 0.25) is 5.91 Å². The summed E-state index contributed by atoms with van der Waals surface area (Å²) < 4.78 is 1.88. The predicted molar refractivity (Wildman–Crippen MR) is 116 cm³/mol. The molecule has 0 saturated heterocycles. The molecule has 0 unspecified atom stereocenters. The summed E-state index contributed by atoms with van der Waals surface area (Å²) in [6, 6.07) is 4.25. The van der Waals surface area contributed by atoms with Gasteiger partial charge in [0.05, 0.1) is 41.3 Å². The normalized spacial score (nSPS) is 19.7. The number of nitriles is 1. The first-order valence-electron chi connectivity index (χ1n) is 10.5. The maximum absolute atomic E-state index is 12.5. The summed E-state index contributed by atoms with van der Waals surface area (Å²) in [7, 11) is 1.96. The van der Waals surface area contributed by atoms with Crippen LogP contribution in [0.3, 0.4) is 0 Å². The van der Waals surface area contributed by atoms with E-state index in [9.17, 15) is 10.1 Å². The fourth-order valence-corrected chi connectivity index (χ4v) is 4.45. The molecule has 1 aliphatic carbocycles. The Morgan fingerprint density at radius 1 is 1.43 bits per heavy atom. The Labute approximate surface area is 177 Å². The molecule has 1 amide bonds. The second kappa shape index (κ2) is 7.63. The molecule has 1 fully saturated rings. The Hall–Kier alpha value is -3.08. The van der Waals surface area contributed by atoms with Gasteiger partial charge in [-0.15, -0.1) is 0 Å². The number of likely N-dealkylation sites (N-methyl/N-ethyl adjacent to an activating group) is 1. The summed E-state index contributed by atoms with van der Waals surface area (Å²) in [5, 5.41) is 20.3. The highest BCUT2D eigenvalue weighted by atomic mass is 16.2. The maximum atomic E-state index is 12.5. The Morgan fingerprint density at radius 3 is 2.83 bits per heavy atom. The van der Waals surface area contributed by atoms with Crippen molar-refractivity contribution in [3.8, 4) is 6.07 Å². The average Bonchev–Trinajstić information content (AvgIpc) is 3.11. The van der Waals surface area contributed by atoms with Crippen molar-refractivity contribution in [3.05, 3.63) is 29.7 Å². The molecule has 30 heavy (non-hydrogen) atoms. The SMILES string of the molecule is Cc1nc(NCc2cnn(CC3(C#N)CCC3)c2)cc2c1NC(=O)[C@H](C(C)C)N2C. The third-order valence-corrected chi connectivity index (χ3v) is 6.30. The molecule has 2 aromatic rings. The van der Waals surface area contributed by atoms with Gasteiger partial charge in [0.15, 0.2) is 0 Å². The zero-order valence-corrected chi connectivity index (χ0v) is 18.1. The molecular formula is C22H29N7O. The molecule has 2 aliphatic rings. The molecule has 0 radical (unpaired) electrons. The van der Waals surface area contributed by atoms with Crippen molar-refractivity contribution in [2.24, 2.45) is 11.3 Å². The number of fused-ring (bicyclic) bond motifs is 1. The van der Waals surface area contributed by atoms with E-state index in [1.165, 1.54) is 0 Å². The minimum atomic E-state index is -0.240. The van der Waals surface area contributed by atoms with Gasteiger partial charge in [0, 0.05) is 31.4 Å². The quantitative estimate of drug-likeness (QED) is 0.762. The van der Waals surface area contributed by atoms with Crippen LogP contribution in [0.25, 0.3) is 0 Å². The van der Waals surface area contributed by atoms with Crippen LogP contribution in [-0.4, -0.2) is 33.8 Å². The van der Waals surface area contributed by atoms with Gasteiger partial charge < -0.3 is 15.5 Å². The summed E-state index contributed by atoms with van der Waals surface area (Å²) >= 11 is 0. The van der Waals surface area contributed by atoms with Crippen molar-refractivity contribution in [3.63, 3.8) is 0 Å². The molecule has 8 nitrogen and oxygen atoms in total. The van der Waals surface area contributed by atoms with E-state index in [2.05, 4.69) is 40.6 Å². The number of aromatic nitrogens is 3. The van der Waals surface area contributed by atoms with Crippen LogP contribution in [-0.2, 0) is 17.9 Å². The van der Waals surface area contributed by atoms with E-state index in [1.54, 1.807) is 0 Å². The van der Waals surface area contributed by atoms with Crippen LogP contribution >= 0.6 is 0 Å². The van der Waals surface area contributed by atoms with E-state index >= 15 is 0 Å². The lowest BCUT2D eigenvalue weighted by Crippen LogP contribution is -2.49. The van der Waals surface area contributed by atoms with Gasteiger partial charge in [-0.05, 0) is 25.7 Å². The fourth-order valence-electron chi connectivity index (χ4n) is 4.45. The van der Waals surface area contributed by atoms with E-state index in [-0.39, 0.29) is 23.3 Å². The van der Waals surface area contributed by atoms with Crippen molar-refractivity contribution >= 4 is 23.1 Å². The second-order valence-corrected chi connectivity index (χ2v) is 8.92. The highest BCUT2D eigenvalue weighted by molar-refractivity contribution is 6.04. The molecule has 158 valence electrons. The number of amides is 1. The zero-order valence-electron chi connectivity index (χ0n) is 18.1. The first-order chi connectivity index (χ1) is 14.3. The van der Waals surface area contributed by atoms with Crippen LogP contribution in [0.1, 0.15) is 44.4 Å².